The number of aromatic amines is 4. The van der Waals surface area contributed by atoms with Gasteiger partial charge >= 0.3 is 0 Å². The number of aromatic nitrogens is 8. The first kappa shape index (κ1) is 109. The Kier molecular flexibility index (Phi) is 38.5. The van der Waals surface area contributed by atoms with Crippen molar-refractivity contribution >= 4 is 191 Å². The minimum atomic E-state index is -0.550. The van der Waals surface area contributed by atoms with Gasteiger partial charge in [0.15, 0.2) is 5.78 Å². The van der Waals surface area contributed by atoms with Crippen LogP contribution in [0.5, 0.6) is 0 Å². The molecule has 11 amide bonds. The third-order valence-corrected chi connectivity index (χ3v) is 25.7. The first-order valence-electron chi connectivity index (χ1n) is 47.2. The van der Waals surface area contributed by atoms with Crippen LogP contribution in [0.2, 0.25) is 25.1 Å². The second kappa shape index (κ2) is 52.1. The predicted molar refractivity (Wildman–Crippen MR) is 580 cm³/mol. The SMILES string of the molecule is C=CC(=O)Nc1ccc(N2CC[C@@H](NC(=O)c3[nH]ncc3NC(=O)c3c(C)cccc3Cl)C2)cc1.C=CC(=O)Nc1cccc(N2CC[C@@H](NC(=O)c3[nH]ncc3NC(=O)c3c(Cl)cccc3Cl)C2)c1.Cc1cccc(Cl)c1C(=O)Nc1cn[nH]c1C(=O)N[C@@H]1CCN(c2ccc(NC(=O)/C=C/CN(C)C)cc2)C1.Cc1cccc(Cl)c1C(=O)Nc1cn[nH]c1C(=O)N[C@H]1CCN(c2cccc(CC(=O)/C=C/CN(C)C)c2)C1. The maximum absolute atomic E-state index is 13.1. The minimum Gasteiger partial charge on any atom is -0.369 e. The number of H-pyrrole nitrogens is 4. The van der Waals surface area contributed by atoms with Crippen LogP contribution in [0, 0.1) is 20.8 Å². The van der Waals surface area contributed by atoms with E-state index in [1.54, 1.807) is 106 Å². The van der Waals surface area contributed by atoms with Gasteiger partial charge in [0, 0.05) is 142 Å². The maximum atomic E-state index is 13.1. The Balaban J connectivity index is 0.000000165. The molecule has 0 saturated carbocycles. The number of amides is 11. The molecule has 4 aliphatic rings. The number of carbonyl (C=O) groups excluding carboxylic acids is 12. The van der Waals surface area contributed by atoms with Gasteiger partial charge in [0.25, 0.3) is 47.3 Å². The number of nitrogens with one attached hydrogen (secondary N) is 15. The van der Waals surface area contributed by atoms with Crippen molar-refractivity contribution in [3.63, 3.8) is 0 Å². The van der Waals surface area contributed by atoms with Crippen molar-refractivity contribution in [1.82, 2.24) is 71.9 Å². The summed E-state index contributed by atoms with van der Waals surface area (Å²) in [5.74, 6) is -3.92. The van der Waals surface area contributed by atoms with Crippen molar-refractivity contribution in [2.75, 3.05) is 150 Å². The molecule has 37 nitrogen and oxygen atoms in total. The number of ketones is 1. The third kappa shape index (κ3) is 30.1. The molecule has 0 bridgehead atoms. The lowest BCUT2D eigenvalue weighted by Crippen LogP contribution is -2.37. The highest BCUT2D eigenvalue weighted by atomic mass is 35.5. The van der Waals surface area contributed by atoms with Gasteiger partial charge in [-0.05, 0) is 224 Å². The molecule has 16 rings (SSSR count). The van der Waals surface area contributed by atoms with E-state index in [0.29, 0.717) is 88.0 Å². The molecule has 4 aromatic heterocycles. The van der Waals surface area contributed by atoms with Crippen molar-refractivity contribution in [3.05, 3.63) is 337 Å². The Hall–Kier alpha value is -16.0. The van der Waals surface area contributed by atoms with Crippen molar-refractivity contribution in [2.24, 2.45) is 0 Å². The van der Waals surface area contributed by atoms with Crippen molar-refractivity contribution in [2.45, 2.75) is 77.0 Å². The Morgan fingerprint density at radius 2 is 0.642 bits per heavy atom. The third-order valence-electron chi connectivity index (χ3n) is 24.1. The molecule has 15 N–H and O–H groups in total. The van der Waals surface area contributed by atoms with Gasteiger partial charge in [-0.1, -0.05) is 144 Å². The summed E-state index contributed by atoms with van der Waals surface area (Å²) < 4.78 is 0. The number of aryl methyl sites for hydroxylation is 3. The number of likely N-dealkylation sites (N-methyl/N-ethyl adjacent to an activating group) is 2. The lowest BCUT2D eigenvalue weighted by molar-refractivity contribution is -0.114. The Labute approximate surface area is 879 Å². The van der Waals surface area contributed by atoms with E-state index in [2.05, 4.69) is 132 Å². The molecule has 4 saturated heterocycles. The zero-order valence-corrected chi connectivity index (χ0v) is 85.8. The zero-order valence-electron chi connectivity index (χ0n) is 82.0. The Morgan fingerprint density at radius 1 is 0.345 bits per heavy atom. The summed E-state index contributed by atoms with van der Waals surface area (Å²) in [6.45, 7) is 19.2. The number of rotatable bonds is 33. The lowest BCUT2D eigenvalue weighted by Gasteiger charge is -2.20. The average molecular weight is 2110 g/mol. The smallest absolute Gasteiger partial charge is 0.271 e. The van der Waals surface area contributed by atoms with E-state index in [-0.39, 0.29) is 127 Å². The second-order valence-corrected chi connectivity index (χ2v) is 37.7. The molecular formula is C106H112Cl5N25O12. The van der Waals surface area contributed by atoms with E-state index in [4.69, 9.17) is 58.0 Å². The van der Waals surface area contributed by atoms with Gasteiger partial charge in [-0.15, -0.1) is 0 Å². The fourth-order valence-corrected chi connectivity index (χ4v) is 18.2. The van der Waals surface area contributed by atoms with Crippen LogP contribution in [0.25, 0.3) is 0 Å². The van der Waals surface area contributed by atoms with Crippen molar-refractivity contribution < 1.29 is 57.5 Å². The van der Waals surface area contributed by atoms with Gasteiger partial charge in [0.2, 0.25) is 17.7 Å². The summed E-state index contributed by atoms with van der Waals surface area (Å²) in [6, 6.07) is 50.5. The average Bonchev–Trinajstić information content (AvgIpc) is 1.60. The molecule has 148 heavy (non-hydrogen) atoms. The summed E-state index contributed by atoms with van der Waals surface area (Å²) >= 11 is 30.8. The maximum Gasteiger partial charge on any atom is 0.271 e. The van der Waals surface area contributed by atoms with Crippen LogP contribution in [-0.2, 0) is 25.6 Å². The molecule has 12 aromatic rings. The van der Waals surface area contributed by atoms with E-state index in [1.165, 1.54) is 43.0 Å². The predicted octanol–water partition coefficient (Wildman–Crippen LogP) is 15.4. The van der Waals surface area contributed by atoms with Crippen LogP contribution in [0.15, 0.2) is 244 Å². The zero-order chi connectivity index (χ0) is 106. The molecule has 8 heterocycles. The lowest BCUT2D eigenvalue weighted by atomic mass is 10.1. The van der Waals surface area contributed by atoms with Crippen LogP contribution in [0.4, 0.5) is 62.6 Å². The highest BCUT2D eigenvalue weighted by Crippen LogP contribution is 2.34. The monoisotopic (exact) mass is 2100 g/mol. The number of hydrogen-bond acceptors (Lipinski definition) is 22. The summed E-state index contributed by atoms with van der Waals surface area (Å²) in [6.07, 6.45) is 18.2. The highest BCUT2D eigenvalue weighted by Gasteiger charge is 2.34. The quantitative estimate of drug-likeness (QED) is 0.0170. The van der Waals surface area contributed by atoms with Crippen LogP contribution in [0.3, 0.4) is 0 Å². The highest BCUT2D eigenvalue weighted by molar-refractivity contribution is 6.41. The normalized spacial score (nSPS) is 15.0. The van der Waals surface area contributed by atoms with Crippen LogP contribution in [0.1, 0.15) is 131 Å². The molecule has 4 atom stereocenters. The van der Waals surface area contributed by atoms with E-state index in [0.717, 1.165) is 103 Å². The van der Waals surface area contributed by atoms with Gasteiger partial charge in [0.1, 0.15) is 22.8 Å². The molecule has 0 radical (unpaired) electrons. The van der Waals surface area contributed by atoms with Gasteiger partial charge < -0.3 is 87.9 Å². The van der Waals surface area contributed by atoms with Gasteiger partial charge in [-0.2, -0.15) is 20.4 Å². The fraction of sp³-hybridized carbons (Fsp3) is 0.245. The van der Waals surface area contributed by atoms with E-state index >= 15 is 0 Å². The second-order valence-electron chi connectivity index (χ2n) is 35.6. The number of hydrogen-bond donors (Lipinski definition) is 15. The summed E-state index contributed by atoms with van der Waals surface area (Å²) in [7, 11) is 7.79. The van der Waals surface area contributed by atoms with Gasteiger partial charge in [-0.3, -0.25) is 77.9 Å². The number of anilines is 11. The van der Waals surface area contributed by atoms with E-state index in [1.807, 2.05) is 141 Å². The minimum absolute atomic E-state index is 0.0627. The topological polar surface area (TPSA) is 471 Å². The van der Waals surface area contributed by atoms with E-state index in [9.17, 15) is 57.5 Å². The molecular weight excluding hydrogens is 1990 g/mol. The molecule has 0 aliphatic carbocycles. The fourth-order valence-electron chi connectivity index (χ4n) is 16.7. The molecule has 768 valence electrons. The standard InChI is InChI=1S/C29H33ClN6O3.C28H32ClN7O3.C25H25ClN6O3.C24H22Cl2N6O3/c1-19-7-4-11-24(30)26(19)28(38)33-25-17-31-34-27(25)29(39)32-21-12-14-36(18-21)22-9-5-8-20(15-22)16-23(37)10-6-13-35(2)3;1-18-6-4-7-22(29)25(18)27(38)33-23-16-30-34-26(23)28(39)32-20-13-15-36(17-20)21-11-9-19(10-12-21)31-24(37)8-5-14-35(2)3;1-3-21(33)28-16-7-9-18(10-8-16)32-12-11-17(14-32)29-25(35)23-20(13-27-31-23)30-24(34)22-15(2)5-4-6-19(22)26;1-2-20(33)28-14-5-3-6-16(11-14)32-10-9-15(13-32)29-24(35)22-19(12-27-31-22)30-23(34)21-17(25)7-4-8-18(21)26/h4-11,15,17,21H,12-14,16,18H2,1-3H3,(H,31,34)(H,32,39)(H,33,38);4-12,16,20H,13-15,17H2,1-3H3,(H,30,34)(H,31,37)(H,32,39)(H,33,38);3-10,13,17H,1,11-12,14H2,2H3,(H,27,31)(H,28,33)(H,29,35)(H,30,34);2-8,11-12,15H,1,9-10,13H2,(H,27,31)(H,28,33)(H,29,35)(H,30,34)/b10-6+;8-5+;;/t21-;20-;17-;15-/m0111/s1. The molecule has 0 unspecified atom stereocenters. The molecule has 4 fully saturated rings. The van der Waals surface area contributed by atoms with Crippen molar-refractivity contribution in [1.29, 1.82) is 0 Å². The van der Waals surface area contributed by atoms with Gasteiger partial charge in [-0.25, -0.2) is 0 Å². The molecule has 42 heteroatoms. The Morgan fingerprint density at radius 3 is 0.986 bits per heavy atom. The number of nitrogens with zero attached hydrogens (tertiary/aromatic N) is 10. The summed E-state index contributed by atoms with van der Waals surface area (Å²) in [5.41, 5.74) is 12.0. The largest absolute Gasteiger partial charge is 0.369 e. The number of halogens is 5. The molecule has 8 aromatic carbocycles. The Bertz CT molecular complexity index is 6860. The first-order chi connectivity index (χ1) is 71.1. The number of carbonyl (C=O) groups is 12. The van der Waals surface area contributed by atoms with Gasteiger partial charge in [0.05, 0.1) is 94.9 Å². The van der Waals surface area contributed by atoms with Crippen LogP contribution < -0.4 is 78.1 Å². The van der Waals surface area contributed by atoms with Crippen molar-refractivity contribution in [3.8, 4) is 0 Å². The number of allylic oxidation sites excluding steroid dienone is 1. The first-order valence-corrected chi connectivity index (χ1v) is 49.1. The molecule has 4 aliphatic heterocycles. The van der Waals surface area contributed by atoms with Crippen LogP contribution in [-0.4, -0.2) is 239 Å². The summed E-state index contributed by atoms with van der Waals surface area (Å²) in [5, 5.41) is 59.0. The number of benzene rings is 8. The molecule has 0 spiro atoms. The summed E-state index contributed by atoms with van der Waals surface area (Å²) in [4.78, 5) is 163. The van der Waals surface area contributed by atoms with Crippen LogP contribution >= 0.6 is 58.0 Å². The van der Waals surface area contributed by atoms with E-state index < -0.39 is 29.5 Å².